The van der Waals surface area contributed by atoms with Crippen molar-refractivity contribution in [2.45, 2.75) is 36.2 Å². The first-order valence-electron chi connectivity index (χ1n) is 11.7. The molecular weight excluding hydrogens is 549 g/mol. The maximum absolute atomic E-state index is 13.3. The Morgan fingerprint density at radius 3 is 2.37 bits per heavy atom. The summed E-state index contributed by atoms with van der Waals surface area (Å²) in [4.78, 5) is 25.0. The van der Waals surface area contributed by atoms with Crippen molar-refractivity contribution in [2.75, 3.05) is 6.54 Å². The molecular formula is C27H23Cl2N3O5S. The molecule has 2 N–H and O–H groups in total. The molecule has 3 aromatic carbocycles. The second-order valence-electron chi connectivity index (χ2n) is 8.84. The number of nitrogens with one attached hydrogen (secondary N) is 1. The van der Waals surface area contributed by atoms with Crippen molar-refractivity contribution in [2.24, 2.45) is 0 Å². The van der Waals surface area contributed by atoms with Gasteiger partial charge in [0.2, 0.25) is 15.9 Å². The van der Waals surface area contributed by atoms with Gasteiger partial charge < -0.3 is 10.4 Å². The van der Waals surface area contributed by atoms with Crippen molar-refractivity contribution in [3.63, 3.8) is 0 Å². The van der Waals surface area contributed by atoms with Crippen molar-refractivity contribution >= 4 is 45.1 Å². The summed E-state index contributed by atoms with van der Waals surface area (Å²) < 4.78 is 27.6. The second-order valence-corrected chi connectivity index (χ2v) is 11.6. The highest BCUT2D eigenvalue weighted by Gasteiger charge is 2.40. The van der Waals surface area contributed by atoms with Crippen molar-refractivity contribution in [3.05, 3.63) is 87.9 Å². The highest BCUT2D eigenvalue weighted by molar-refractivity contribution is 7.89. The SMILES string of the molecule is N#Cc1ccccc1-c1ccc(C[C@H](NC(=O)[C@@H]2CCCN2S(=O)(=O)c2cc(Cl)cc(Cl)c2)C(=O)O)cc1. The third-order valence-electron chi connectivity index (χ3n) is 6.32. The van der Waals surface area contributed by atoms with E-state index in [0.29, 0.717) is 17.5 Å². The Morgan fingerprint density at radius 2 is 1.74 bits per heavy atom. The minimum Gasteiger partial charge on any atom is -0.480 e. The zero-order valence-corrected chi connectivity index (χ0v) is 22.3. The van der Waals surface area contributed by atoms with E-state index in [2.05, 4.69) is 11.4 Å². The Labute approximate surface area is 230 Å². The zero-order valence-electron chi connectivity index (χ0n) is 20.0. The van der Waals surface area contributed by atoms with E-state index in [1.807, 2.05) is 12.1 Å². The average molecular weight is 572 g/mol. The number of benzene rings is 3. The smallest absolute Gasteiger partial charge is 0.326 e. The molecule has 1 heterocycles. The number of carboxylic acids is 1. The number of nitriles is 1. The van der Waals surface area contributed by atoms with Crippen LogP contribution in [0.1, 0.15) is 24.0 Å². The maximum atomic E-state index is 13.3. The molecule has 0 bridgehead atoms. The van der Waals surface area contributed by atoms with E-state index in [1.165, 1.54) is 18.2 Å². The van der Waals surface area contributed by atoms with Gasteiger partial charge in [-0.05, 0) is 53.8 Å². The number of nitrogens with zero attached hydrogens (tertiary/aromatic N) is 2. The van der Waals surface area contributed by atoms with Crippen LogP contribution in [-0.4, -0.2) is 48.3 Å². The molecule has 8 nitrogen and oxygen atoms in total. The van der Waals surface area contributed by atoms with E-state index in [1.54, 1.807) is 36.4 Å². The number of halogens is 2. The van der Waals surface area contributed by atoms with Crippen LogP contribution in [0, 0.1) is 11.3 Å². The van der Waals surface area contributed by atoms with Crippen LogP contribution in [-0.2, 0) is 26.0 Å². The molecule has 0 radical (unpaired) electrons. The Kier molecular flexibility index (Phi) is 8.38. The predicted molar refractivity (Wildman–Crippen MR) is 143 cm³/mol. The number of amides is 1. The Bertz CT molecular complexity index is 1500. The fourth-order valence-corrected chi connectivity index (χ4v) is 6.84. The molecule has 1 amide bonds. The molecule has 0 aromatic heterocycles. The predicted octanol–water partition coefficient (Wildman–Crippen LogP) is 4.50. The molecule has 0 saturated carbocycles. The Hall–Kier alpha value is -3.42. The molecule has 1 fully saturated rings. The van der Waals surface area contributed by atoms with Crippen LogP contribution >= 0.6 is 23.2 Å². The fraction of sp³-hybridized carbons (Fsp3) is 0.222. The first-order chi connectivity index (χ1) is 18.1. The van der Waals surface area contributed by atoms with Gasteiger partial charge in [0.25, 0.3) is 0 Å². The minimum atomic E-state index is -4.10. The molecule has 0 spiro atoms. The van der Waals surface area contributed by atoms with Crippen LogP contribution < -0.4 is 5.32 Å². The summed E-state index contributed by atoms with van der Waals surface area (Å²) in [5.74, 6) is -1.93. The third-order valence-corrected chi connectivity index (χ3v) is 8.64. The Morgan fingerprint density at radius 1 is 1.08 bits per heavy atom. The Balaban J connectivity index is 1.49. The van der Waals surface area contributed by atoms with Crippen molar-refractivity contribution < 1.29 is 23.1 Å². The van der Waals surface area contributed by atoms with Gasteiger partial charge in [0.1, 0.15) is 12.1 Å². The van der Waals surface area contributed by atoms with Gasteiger partial charge >= 0.3 is 5.97 Å². The number of hydrogen-bond donors (Lipinski definition) is 2. The lowest BCUT2D eigenvalue weighted by atomic mass is 9.97. The topological polar surface area (TPSA) is 128 Å². The summed E-state index contributed by atoms with van der Waals surface area (Å²) in [5, 5.41) is 21.9. The lowest BCUT2D eigenvalue weighted by molar-refractivity contribution is -0.142. The van der Waals surface area contributed by atoms with Gasteiger partial charge in [-0.2, -0.15) is 9.57 Å². The van der Waals surface area contributed by atoms with E-state index in [-0.39, 0.29) is 34.3 Å². The first-order valence-corrected chi connectivity index (χ1v) is 13.9. The van der Waals surface area contributed by atoms with Crippen molar-refractivity contribution in [1.82, 2.24) is 9.62 Å². The van der Waals surface area contributed by atoms with E-state index in [0.717, 1.165) is 15.4 Å². The molecule has 1 aliphatic heterocycles. The molecule has 4 rings (SSSR count). The molecule has 1 aliphatic rings. The fourth-order valence-electron chi connectivity index (χ4n) is 4.46. The van der Waals surface area contributed by atoms with Crippen LogP contribution in [0.5, 0.6) is 0 Å². The standard InChI is InChI=1S/C27H23Cl2N3O5S/c28-20-13-21(29)15-22(14-20)38(36,37)32-11-3-6-25(32)26(33)31-24(27(34)35)12-17-7-9-18(10-8-17)23-5-2-1-4-19(23)16-30/h1-2,4-5,7-10,13-15,24-25H,3,6,11-12H2,(H,31,33)(H,34,35)/t24-,25-/m0/s1. The summed E-state index contributed by atoms with van der Waals surface area (Å²) >= 11 is 12.0. The number of sulfonamides is 1. The summed E-state index contributed by atoms with van der Waals surface area (Å²) in [7, 11) is -4.10. The van der Waals surface area contributed by atoms with Gasteiger partial charge in [-0.15, -0.1) is 0 Å². The molecule has 0 unspecified atom stereocenters. The number of hydrogen-bond acceptors (Lipinski definition) is 5. The van der Waals surface area contributed by atoms with Gasteiger partial charge in [0.15, 0.2) is 0 Å². The van der Waals surface area contributed by atoms with Crippen LogP contribution in [0.3, 0.4) is 0 Å². The summed E-state index contributed by atoms with van der Waals surface area (Å²) in [6.45, 7) is 0.105. The van der Waals surface area contributed by atoms with E-state index < -0.39 is 34.0 Å². The lowest BCUT2D eigenvalue weighted by Crippen LogP contribution is -2.51. The number of rotatable bonds is 8. The van der Waals surface area contributed by atoms with Crippen molar-refractivity contribution in [3.8, 4) is 17.2 Å². The van der Waals surface area contributed by atoms with Crippen LogP contribution in [0.2, 0.25) is 10.0 Å². The zero-order chi connectivity index (χ0) is 27.4. The molecule has 196 valence electrons. The largest absolute Gasteiger partial charge is 0.480 e. The van der Waals surface area contributed by atoms with E-state index >= 15 is 0 Å². The maximum Gasteiger partial charge on any atom is 0.326 e. The van der Waals surface area contributed by atoms with Gasteiger partial charge in [0, 0.05) is 23.0 Å². The van der Waals surface area contributed by atoms with Gasteiger partial charge in [-0.1, -0.05) is 65.7 Å². The van der Waals surface area contributed by atoms with Gasteiger partial charge in [-0.3, -0.25) is 4.79 Å². The highest BCUT2D eigenvalue weighted by Crippen LogP contribution is 2.30. The van der Waals surface area contributed by atoms with Gasteiger partial charge in [-0.25, -0.2) is 13.2 Å². The summed E-state index contributed by atoms with van der Waals surface area (Å²) in [5.41, 5.74) is 2.73. The first kappa shape index (κ1) is 27.6. The van der Waals surface area contributed by atoms with Gasteiger partial charge in [0.05, 0.1) is 16.5 Å². The molecule has 3 aromatic rings. The van der Waals surface area contributed by atoms with Crippen LogP contribution in [0.4, 0.5) is 0 Å². The average Bonchev–Trinajstić information content (AvgIpc) is 3.39. The van der Waals surface area contributed by atoms with Crippen LogP contribution in [0.25, 0.3) is 11.1 Å². The van der Waals surface area contributed by atoms with Crippen LogP contribution in [0.15, 0.2) is 71.6 Å². The summed E-state index contributed by atoms with van der Waals surface area (Å²) in [6.07, 6.45) is 0.679. The summed E-state index contributed by atoms with van der Waals surface area (Å²) in [6, 6.07) is 17.9. The normalized spacial score (nSPS) is 16.5. The molecule has 0 aliphatic carbocycles. The monoisotopic (exact) mass is 571 g/mol. The number of carbonyl (C=O) groups is 2. The highest BCUT2D eigenvalue weighted by atomic mass is 35.5. The molecule has 11 heteroatoms. The number of aliphatic carboxylic acids is 1. The molecule has 1 saturated heterocycles. The molecule has 38 heavy (non-hydrogen) atoms. The number of carbonyl (C=O) groups excluding carboxylic acids is 1. The lowest BCUT2D eigenvalue weighted by Gasteiger charge is -2.25. The van der Waals surface area contributed by atoms with Crippen molar-refractivity contribution in [1.29, 1.82) is 5.26 Å². The van der Waals surface area contributed by atoms with E-state index in [9.17, 15) is 28.4 Å². The molecule has 2 atom stereocenters. The second kappa shape index (κ2) is 11.5. The van der Waals surface area contributed by atoms with E-state index in [4.69, 9.17) is 23.2 Å². The third kappa shape index (κ3) is 6.00. The quantitative estimate of drug-likeness (QED) is 0.409. The minimum absolute atomic E-state index is 0.00930. The number of carboxylic acid groups (broad SMARTS) is 1.